The fourth-order valence-corrected chi connectivity index (χ4v) is 2.50. The standard InChI is InChI=1S/C15H18O4/c1-18-12-7-8-14(16)13(9-12)10-3-5-11(6-4-10)15(17)19-2/h3-6,12-13H,7-9H2,1-2H3/t12-,13+/m1/s1. The first kappa shape index (κ1) is 13.7. The average molecular weight is 262 g/mol. The number of Topliss-reactive ketones (excluding diaryl/α,β-unsaturated/α-hetero) is 1. The van der Waals surface area contributed by atoms with Crippen LogP contribution in [0.2, 0.25) is 0 Å². The van der Waals surface area contributed by atoms with Gasteiger partial charge in [-0.25, -0.2) is 4.79 Å². The summed E-state index contributed by atoms with van der Waals surface area (Å²) in [6.45, 7) is 0. The Kier molecular flexibility index (Phi) is 4.32. The topological polar surface area (TPSA) is 52.6 Å². The van der Waals surface area contributed by atoms with Crippen LogP contribution in [0, 0.1) is 0 Å². The van der Waals surface area contributed by atoms with Crippen LogP contribution in [0.5, 0.6) is 0 Å². The van der Waals surface area contributed by atoms with Gasteiger partial charge in [0.05, 0.1) is 18.8 Å². The van der Waals surface area contributed by atoms with Gasteiger partial charge in [0.1, 0.15) is 5.78 Å². The van der Waals surface area contributed by atoms with Crippen molar-refractivity contribution >= 4 is 11.8 Å². The number of methoxy groups -OCH3 is 2. The van der Waals surface area contributed by atoms with Crippen LogP contribution in [0.25, 0.3) is 0 Å². The van der Waals surface area contributed by atoms with E-state index in [4.69, 9.17) is 4.74 Å². The van der Waals surface area contributed by atoms with E-state index in [9.17, 15) is 9.59 Å². The van der Waals surface area contributed by atoms with Gasteiger partial charge in [-0.1, -0.05) is 12.1 Å². The Morgan fingerprint density at radius 1 is 1.21 bits per heavy atom. The first-order valence-corrected chi connectivity index (χ1v) is 6.39. The third-order valence-corrected chi connectivity index (χ3v) is 3.67. The van der Waals surface area contributed by atoms with Crippen LogP contribution in [-0.2, 0) is 14.3 Å². The predicted molar refractivity (Wildman–Crippen MR) is 70.2 cm³/mol. The summed E-state index contributed by atoms with van der Waals surface area (Å²) in [5, 5.41) is 0. The predicted octanol–water partition coefficient (Wildman–Crippen LogP) is 2.32. The summed E-state index contributed by atoms with van der Waals surface area (Å²) in [7, 11) is 3.03. The Bertz CT molecular complexity index is 464. The number of esters is 1. The van der Waals surface area contributed by atoms with Crippen LogP contribution in [0.4, 0.5) is 0 Å². The normalized spacial score (nSPS) is 23.2. The number of carbonyl (C=O) groups is 2. The van der Waals surface area contributed by atoms with Gasteiger partial charge >= 0.3 is 5.97 Å². The van der Waals surface area contributed by atoms with Crippen molar-refractivity contribution in [1.29, 1.82) is 0 Å². The van der Waals surface area contributed by atoms with Gasteiger partial charge in [-0.05, 0) is 30.5 Å². The van der Waals surface area contributed by atoms with Crippen molar-refractivity contribution < 1.29 is 19.1 Å². The van der Waals surface area contributed by atoms with Crippen molar-refractivity contribution in [2.24, 2.45) is 0 Å². The van der Waals surface area contributed by atoms with Gasteiger partial charge in [0.25, 0.3) is 0 Å². The first-order chi connectivity index (χ1) is 9.15. The van der Waals surface area contributed by atoms with Crippen molar-refractivity contribution in [1.82, 2.24) is 0 Å². The highest BCUT2D eigenvalue weighted by Crippen LogP contribution is 2.31. The Labute approximate surface area is 112 Å². The molecule has 0 N–H and O–H groups in total. The van der Waals surface area contributed by atoms with E-state index in [0.717, 1.165) is 12.0 Å². The van der Waals surface area contributed by atoms with E-state index in [1.807, 2.05) is 12.1 Å². The van der Waals surface area contributed by atoms with E-state index < -0.39 is 0 Å². The molecule has 0 amide bonds. The molecule has 19 heavy (non-hydrogen) atoms. The van der Waals surface area contributed by atoms with Crippen LogP contribution in [0.15, 0.2) is 24.3 Å². The maximum Gasteiger partial charge on any atom is 0.337 e. The van der Waals surface area contributed by atoms with Crippen molar-refractivity contribution in [3.05, 3.63) is 35.4 Å². The smallest absolute Gasteiger partial charge is 0.337 e. The average Bonchev–Trinajstić information content (AvgIpc) is 2.47. The summed E-state index contributed by atoms with van der Waals surface area (Å²) >= 11 is 0. The van der Waals surface area contributed by atoms with E-state index in [1.54, 1.807) is 19.2 Å². The minimum absolute atomic E-state index is 0.120. The number of carbonyl (C=O) groups excluding carboxylic acids is 2. The summed E-state index contributed by atoms with van der Waals surface area (Å²) in [6.07, 6.45) is 2.21. The highest BCUT2D eigenvalue weighted by Gasteiger charge is 2.29. The summed E-state index contributed by atoms with van der Waals surface area (Å²) in [4.78, 5) is 23.3. The molecule has 1 aliphatic carbocycles. The zero-order valence-corrected chi connectivity index (χ0v) is 11.2. The molecule has 1 aromatic carbocycles. The Morgan fingerprint density at radius 2 is 1.89 bits per heavy atom. The van der Waals surface area contributed by atoms with E-state index in [-0.39, 0.29) is 23.8 Å². The van der Waals surface area contributed by atoms with Crippen LogP contribution in [0.1, 0.15) is 41.1 Å². The van der Waals surface area contributed by atoms with Gasteiger partial charge in [-0.3, -0.25) is 4.79 Å². The molecule has 1 saturated carbocycles. The number of ether oxygens (including phenoxy) is 2. The quantitative estimate of drug-likeness (QED) is 0.784. The lowest BCUT2D eigenvalue weighted by atomic mass is 9.81. The molecule has 2 atom stereocenters. The van der Waals surface area contributed by atoms with Crippen molar-refractivity contribution in [2.75, 3.05) is 14.2 Å². The maximum absolute atomic E-state index is 12.0. The maximum atomic E-state index is 12.0. The molecule has 1 aromatic rings. The highest BCUT2D eigenvalue weighted by atomic mass is 16.5. The van der Waals surface area contributed by atoms with Crippen molar-refractivity contribution in [3.63, 3.8) is 0 Å². The van der Waals surface area contributed by atoms with Gasteiger partial charge in [-0.2, -0.15) is 0 Å². The molecule has 0 unspecified atom stereocenters. The second-order valence-electron chi connectivity index (χ2n) is 4.76. The van der Waals surface area contributed by atoms with Gasteiger partial charge in [0.2, 0.25) is 0 Å². The highest BCUT2D eigenvalue weighted by molar-refractivity contribution is 5.90. The molecule has 0 spiro atoms. The van der Waals surface area contributed by atoms with Gasteiger partial charge in [0.15, 0.2) is 0 Å². The molecule has 1 aliphatic rings. The molecule has 4 heteroatoms. The Balaban J connectivity index is 2.16. The minimum atomic E-state index is -0.365. The third kappa shape index (κ3) is 3.01. The largest absolute Gasteiger partial charge is 0.465 e. The van der Waals surface area contributed by atoms with E-state index in [2.05, 4.69) is 4.74 Å². The van der Waals surface area contributed by atoms with Crippen molar-refractivity contribution in [2.45, 2.75) is 31.3 Å². The molecule has 0 heterocycles. The molecule has 0 bridgehead atoms. The number of benzene rings is 1. The molecule has 102 valence electrons. The lowest BCUT2D eigenvalue weighted by molar-refractivity contribution is -0.124. The molecule has 0 saturated heterocycles. The summed E-state index contributed by atoms with van der Waals surface area (Å²) in [5.74, 6) is -0.235. The molecule has 4 nitrogen and oxygen atoms in total. The Morgan fingerprint density at radius 3 is 2.47 bits per heavy atom. The fraction of sp³-hybridized carbons (Fsp3) is 0.467. The van der Waals surface area contributed by atoms with E-state index >= 15 is 0 Å². The third-order valence-electron chi connectivity index (χ3n) is 3.67. The lowest BCUT2D eigenvalue weighted by Gasteiger charge is -2.27. The van der Waals surface area contributed by atoms with Crippen LogP contribution < -0.4 is 0 Å². The van der Waals surface area contributed by atoms with Crippen LogP contribution in [-0.4, -0.2) is 32.1 Å². The SMILES string of the molecule is COC(=O)c1ccc([C@@H]2C[C@H](OC)CCC2=O)cc1. The summed E-state index contributed by atoms with van der Waals surface area (Å²) in [6, 6.07) is 7.05. The number of hydrogen-bond donors (Lipinski definition) is 0. The second-order valence-corrected chi connectivity index (χ2v) is 4.76. The van der Waals surface area contributed by atoms with Crippen LogP contribution >= 0.6 is 0 Å². The van der Waals surface area contributed by atoms with E-state index in [1.165, 1.54) is 7.11 Å². The molecule has 0 aliphatic heterocycles. The zero-order valence-electron chi connectivity index (χ0n) is 11.2. The molecular weight excluding hydrogens is 244 g/mol. The second kappa shape index (κ2) is 5.97. The molecule has 1 fully saturated rings. The summed E-state index contributed by atoms with van der Waals surface area (Å²) < 4.78 is 10.00. The number of ketones is 1. The monoisotopic (exact) mass is 262 g/mol. The van der Waals surface area contributed by atoms with Gasteiger partial charge in [0, 0.05) is 19.4 Å². The fourth-order valence-electron chi connectivity index (χ4n) is 2.50. The first-order valence-electron chi connectivity index (χ1n) is 6.39. The minimum Gasteiger partial charge on any atom is -0.465 e. The number of rotatable bonds is 3. The van der Waals surface area contributed by atoms with E-state index in [0.29, 0.717) is 18.4 Å². The molecule has 0 aromatic heterocycles. The Hall–Kier alpha value is -1.68. The van der Waals surface area contributed by atoms with Gasteiger partial charge in [-0.15, -0.1) is 0 Å². The molecule has 2 rings (SSSR count). The molecular formula is C15H18O4. The van der Waals surface area contributed by atoms with Gasteiger partial charge < -0.3 is 9.47 Å². The summed E-state index contributed by atoms with van der Waals surface area (Å²) in [5.41, 5.74) is 1.44. The zero-order chi connectivity index (χ0) is 13.8. The lowest BCUT2D eigenvalue weighted by Crippen LogP contribution is -2.27. The van der Waals surface area contributed by atoms with Crippen molar-refractivity contribution in [3.8, 4) is 0 Å². The molecule has 0 radical (unpaired) electrons. The number of hydrogen-bond acceptors (Lipinski definition) is 4. The van der Waals surface area contributed by atoms with Crippen LogP contribution in [0.3, 0.4) is 0 Å².